The molecule has 3 aromatic heterocycles. The molecule has 0 aliphatic heterocycles. The lowest BCUT2D eigenvalue weighted by atomic mass is 9.91. The average molecular weight is 383 g/mol. The highest BCUT2D eigenvalue weighted by atomic mass is 16.1. The molecular formula is C21H17N7O. The SMILES string of the molecule is O=C(Nc1ccncc1)C1=CC(c2[nH]nc3ccc(-c4ncn[nH]4)cc23)CC=C1. The number of pyridine rings is 1. The fourth-order valence-corrected chi connectivity index (χ4v) is 3.48. The van der Waals surface area contributed by atoms with E-state index in [1.54, 1.807) is 24.5 Å². The second-order valence-corrected chi connectivity index (χ2v) is 6.76. The Balaban J connectivity index is 1.46. The molecule has 0 fully saturated rings. The number of carbonyl (C=O) groups is 1. The molecule has 8 heteroatoms. The smallest absolute Gasteiger partial charge is 0.255 e. The zero-order chi connectivity index (χ0) is 19.6. The van der Waals surface area contributed by atoms with E-state index in [0.29, 0.717) is 17.1 Å². The van der Waals surface area contributed by atoms with Crippen LogP contribution in [0.25, 0.3) is 22.3 Å². The molecule has 8 nitrogen and oxygen atoms in total. The van der Waals surface area contributed by atoms with Gasteiger partial charge in [-0.2, -0.15) is 10.2 Å². The molecule has 5 rings (SSSR count). The normalized spacial score (nSPS) is 16.0. The zero-order valence-electron chi connectivity index (χ0n) is 15.3. The van der Waals surface area contributed by atoms with Crippen LogP contribution >= 0.6 is 0 Å². The molecular weight excluding hydrogens is 366 g/mol. The van der Waals surface area contributed by atoms with Crippen molar-refractivity contribution >= 4 is 22.5 Å². The van der Waals surface area contributed by atoms with Gasteiger partial charge >= 0.3 is 0 Å². The predicted octanol–water partition coefficient (Wildman–Crippen LogP) is 3.35. The highest BCUT2D eigenvalue weighted by Gasteiger charge is 2.20. The monoisotopic (exact) mass is 383 g/mol. The summed E-state index contributed by atoms with van der Waals surface area (Å²) < 4.78 is 0. The minimum atomic E-state index is -0.150. The van der Waals surface area contributed by atoms with Crippen molar-refractivity contribution in [3.8, 4) is 11.4 Å². The van der Waals surface area contributed by atoms with E-state index in [1.807, 2.05) is 36.4 Å². The quantitative estimate of drug-likeness (QED) is 0.500. The summed E-state index contributed by atoms with van der Waals surface area (Å²) in [6, 6.07) is 9.47. The van der Waals surface area contributed by atoms with Gasteiger partial charge in [0.25, 0.3) is 5.91 Å². The highest BCUT2D eigenvalue weighted by Crippen LogP contribution is 2.32. The molecule has 0 saturated heterocycles. The van der Waals surface area contributed by atoms with Crippen LogP contribution in [0.15, 0.2) is 72.9 Å². The number of rotatable bonds is 4. The summed E-state index contributed by atoms with van der Waals surface area (Å²) in [5.74, 6) is 0.576. The number of H-pyrrole nitrogens is 2. The topological polar surface area (TPSA) is 112 Å². The fourth-order valence-electron chi connectivity index (χ4n) is 3.48. The molecule has 0 bridgehead atoms. The minimum absolute atomic E-state index is 0.0215. The van der Waals surface area contributed by atoms with Crippen LogP contribution in [0.1, 0.15) is 18.0 Å². The van der Waals surface area contributed by atoms with Gasteiger partial charge in [0.15, 0.2) is 5.82 Å². The van der Waals surface area contributed by atoms with Gasteiger partial charge in [0.05, 0.1) is 11.2 Å². The van der Waals surface area contributed by atoms with Crippen LogP contribution in [0.3, 0.4) is 0 Å². The number of allylic oxidation sites excluding steroid dienone is 2. The molecule has 29 heavy (non-hydrogen) atoms. The summed E-state index contributed by atoms with van der Waals surface area (Å²) in [4.78, 5) is 20.8. The zero-order valence-corrected chi connectivity index (χ0v) is 15.3. The number of hydrogen-bond acceptors (Lipinski definition) is 5. The van der Waals surface area contributed by atoms with E-state index in [-0.39, 0.29) is 11.8 Å². The highest BCUT2D eigenvalue weighted by molar-refractivity contribution is 6.06. The molecule has 1 amide bonds. The van der Waals surface area contributed by atoms with Crippen LogP contribution in [0.5, 0.6) is 0 Å². The largest absolute Gasteiger partial charge is 0.322 e. The first-order valence-corrected chi connectivity index (χ1v) is 9.21. The first-order chi connectivity index (χ1) is 14.3. The second-order valence-electron chi connectivity index (χ2n) is 6.76. The number of nitrogens with one attached hydrogen (secondary N) is 3. The van der Waals surface area contributed by atoms with Gasteiger partial charge in [-0.25, -0.2) is 4.98 Å². The maximum Gasteiger partial charge on any atom is 0.255 e. The Morgan fingerprint density at radius 2 is 2.03 bits per heavy atom. The first kappa shape index (κ1) is 17.1. The van der Waals surface area contributed by atoms with Crippen LogP contribution in [0, 0.1) is 0 Å². The Morgan fingerprint density at radius 3 is 2.86 bits per heavy atom. The second kappa shape index (κ2) is 7.16. The third kappa shape index (κ3) is 3.31. The van der Waals surface area contributed by atoms with Crippen molar-refractivity contribution in [3.05, 3.63) is 78.5 Å². The molecule has 3 N–H and O–H groups in total. The van der Waals surface area contributed by atoms with E-state index in [4.69, 9.17) is 0 Å². The average Bonchev–Trinajstić information content (AvgIpc) is 3.44. The molecule has 0 radical (unpaired) electrons. The van der Waals surface area contributed by atoms with Crippen molar-refractivity contribution < 1.29 is 4.79 Å². The number of fused-ring (bicyclic) bond motifs is 1. The molecule has 1 aliphatic rings. The third-order valence-corrected chi connectivity index (χ3v) is 4.91. The number of benzene rings is 1. The van der Waals surface area contributed by atoms with Crippen molar-refractivity contribution in [2.45, 2.75) is 12.3 Å². The summed E-state index contributed by atoms with van der Waals surface area (Å²) in [5, 5.41) is 18.3. The Hall–Kier alpha value is -4.07. The predicted molar refractivity (Wildman–Crippen MR) is 109 cm³/mol. The number of hydrogen-bond donors (Lipinski definition) is 3. The van der Waals surface area contributed by atoms with Gasteiger partial charge in [0.1, 0.15) is 6.33 Å². The lowest BCUT2D eigenvalue weighted by Crippen LogP contribution is -2.15. The fraction of sp³-hybridized carbons (Fsp3) is 0.0952. The molecule has 1 atom stereocenters. The summed E-state index contributed by atoms with van der Waals surface area (Å²) in [7, 11) is 0. The van der Waals surface area contributed by atoms with Crippen LogP contribution < -0.4 is 5.32 Å². The molecule has 3 heterocycles. The van der Waals surface area contributed by atoms with Crippen molar-refractivity contribution in [1.82, 2.24) is 30.4 Å². The molecule has 142 valence electrons. The van der Waals surface area contributed by atoms with Gasteiger partial charge in [-0.15, -0.1) is 0 Å². The van der Waals surface area contributed by atoms with Gasteiger partial charge in [-0.3, -0.25) is 20.0 Å². The van der Waals surface area contributed by atoms with E-state index < -0.39 is 0 Å². The number of carbonyl (C=O) groups excluding carboxylic acids is 1. The standard InChI is InChI=1S/C21H17N7O/c29-21(25-16-6-8-22-9-7-16)15-3-1-2-13(10-15)19-17-11-14(20-23-12-24-28-20)4-5-18(17)26-27-19/h1,3-13H,2H2,(H,26,27)(H,22,25,29)(H,23,24,28). The summed E-state index contributed by atoms with van der Waals surface area (Å²) in [6.07, 6.45) is 11.4. The maximum atomic E-state index is 12.7. The molecule has 0 spiro atoms. The van der Waals surface area contributed by atoms with Crippen LogP contribution in [0.4, 0.5) is 5.69 Å². The van der Waals surface area contributed by atoms with E-state index in [9.17, 15) is 4.79 Å². The van der Waals surface area contributed by atoms with Crippen molar-refractivity contribution in [2.75, 3.05) is 5.32 Å². The first-order valence-electron chi connectivity index (χ1n) is 9.21. The Morgan fingerprint density at radius 1 is 1.14 bits per heavy atom. The van der Waals surface area contributed by atoms with Crippen LogP contribution in [0.2, 0.25) is 0 Å². The number of anilines is 1. The van der Waals surface area contributed by atoms with Gasteiger partial charge in [0, 0.05) is 40.5 Å². The van der Waals surface area contributed by atoms with Gasteiger partial charge in [0.2, 0.25) is 0 Å². The van der Waals surface area contributed by atoms with Crippen molar-refractivity contribution in [3.63, 3.8) is 0 Å². The van der Waals surface area contributed by atoms with Crippen LogP contribution in [-0.4, -0.2) is 36.3 Å². The van der Waals surface area contributed by atoms with Crippen molar-refractivity contribution in [1.29, 1.82) is 0 Å². The Bertz CT molecular complexity index is 1220. The van der Waals surface area contributed by atoms with E-state index >= 15 is 0 Å². The molecule has 1 unspecified atom stereocenters. The number of nitrogens with zero attached hydrogens (tertiary/aromatic N) is 4. The summed E-state index contributed by atoms with van der Waals surface area (Å²) in [6.45, 7) is 0. The molecule has 1 aliphatic carbocycles. The number of amides is 1. The molecule has 4 aromatic rings. The van der Waals surface area contributed by atoms with Crippen molar-refractivity contribution in [2.24, 2.45) is 0 Å². The summed E-state index contributed by atoms with van der Waals surface area (Å²) >= 11 is 0. The summed E-state index contributed by atoms with van der Waals surface area (Å²) in [5.41, 5.74) is 4.11. The number of aromatic amines is 2. The lowest BCUT2D eigenvalue weighted by Gasteiger charge is -2.16. The Labute approximate surface area is 165 Å². The lowest BCUT2D eigenvalue weighted by molar-refractivity contribution is -0.112. The van der Waals surface area contributed by atoms with Crippen LogP contribution in [-0.2, 0) is 4.79 Å². The number of aromatic nitrogens is 6. The third-order valence-electron chi connectivity index (χ3n) is 4.91. The molecule has 0 saturated carbocycles. The van der Waals surface area contributed by atoms with Gasteiger partial charge < -0.3 is 5.32 Å². The minimum Gasteiger partial charge on any atom is -0.322 e. The Kier molecular flexibility index (Phi) is 4.21. The van der Waals surface area contributed by atoms with E-state index in [1.165, 1.54) is 6.33 Å². The van der Waals surface area contributed by atoms with Gasteiger partial charge in [-0.1, -0.05) is 18.2 Å². The molecule has 1 aromatic carbocycles. The van der Waals surface area contributed by atoms with E-state index in [0.717, 1.165) is 28.6 Å². The van der Waals surface area contributed by atoms with Gasteiger partial charge in [-0.05, 0) is 36.8 Å². The maximum absolute atomic E-state index is 12.7. The van der Waals surface area contributed by atoms with E-state index in [2.05, 4.69) is 35.7 Å².